The number of methoxy groups -OCH3 is 2. The lowest BCUT2D eigenvalue weighted by atomic mass is 9.89. The molecule has 36 heavy (non-hydrogen) atoms. The molecule has 2 atom stereocenters. The van der Waals surface area contributed by atoms with Gasteiger partial charge >= 0.3 is 0 Å². The molecule has 1 aromatic carbocycles. The van der Waals surface area contributed by atoms with Crippen LogP contribution in [0.4, 0.5) is 0 Å². The summed E-state index contributed by atoms with van der Waals surface area (Å²) in [6.07, 6.45) is 9.89. The van der Waals surface area contributed by atoms with Gasteiger partial charge in [-0.05, 0) is 75.1 Å². The molecule has 1 aliphatic carbocycles. The highest BCUT2D eigenvalue weighted by molar-refractivity contribution is 5.95. The Morgan fingerprint density at radius 2 is 2.03 bits per heavy atom. The number of ether oxygens (including phenoxy) is 2. The first-order chi connectivity index (χ1) is 17.4. The molecule has 0 radical (unpaired) electrons. The molecule has 0 unspecified atom stereocenters. The highest BCUT2D eigenvalue weighted by Gasteiger charge is 2.36. The second-order valence-electron chi connectivity index (χ2n) is 10.6. The van der Waals surface area contributed by atoms with Crippen molar-refractivity contribution in [1.29, 1.82) is 0 Å². The van der Waals surface area contributed by atoms with Crippen LogP contribution in [0.3, 0.4) is 0 Å². The number of amides is 2. The normalized spacial score (nSPS) is 20.0. The van der Waals surface area contributed by atoms with Crippen molar-refractivity contribution in [3.8, 4) is 5.75 Å². The Balaban J connectivity index is 1.64. The third-order valence-electron chi connectivity index (χ3n) is 7.03. The minimum atomic E-state index is -0.0390. The van der Waals surface area contributed by atoms with Crippen LogP contribution in [0.25, 0.3) is 6.08 Å². The third kappa shape index (κ3) is 8.63. The number of carbonyl (C=O) groups excluding carboxylic acids is 2. The van der Waals surface area contributed by atoms with Crippen LogP contribution >= 0.6 is 0 Å². The van der Waals surface area contributed by atoms with Crippen molar-refractivity contribution in [2.24, 2.45) is 17.8 Å². The zero-order valence-electron chi connectivity index (χ0n) is 22.6. The number of nitrogens with one attached hydrogen (secondary N) is 2. The summed E-state index contributed by atoms with van der Waals surface area (Å²) < 4.78 is 10.6. The number of benzene rings is 1. The first-order valence-corrected chi connectivity index (χ1v) is 13.6. The van der Waals surface area contributed by atoms with E-state index >= 15 is 0 Å². The summed E-state index contributed by atoms with van der Waals surface area (Å²) in [6, 6.07) is 5.98. The van der Waals surface area contributed by atoms with Crippen LogP contribution < -0.4 is 15.4 Å². The van der Waals surface area contributed by atoms with Crippen molar-refractivity contribution in [3.05, 3.63) is 35.4 Å². The molecule has 3 rings (SSSR count). The molecule has 1 heterocycles. The molecular weight excluding hydrogens is 454 g/mol. The van der Waals surface area contributed by atoms with Gasteiger partial charge in [-0.3, -0.25) is 9.59 Å². The zero-order chi connectivity index (χ0) is 25.9. The van der Waals surface area contributed by atoms with E-state index in [2.05, 4.69) is 30.6 Å². The molecule has 200 valence electrons. The van der Waals surface area contributed by atoms with E-state index in [0.29, 0.717) is 30.6 Å². The van der Waals surface area contributed by atoms with E-state index in [-0.39, 0.29) is 23.7 Å². The van der Waals surface area contributed by atoms with Crippen LogP contribution in [-0.2, 0) is 9.53 Å². The Morgan fingerprint density at radius 1 is 1.22 bits per heavy atom. The van der Waals surface area contributed by atoms with E-state index in [0.717, 1.165) is 69.5 Å². The van der Waals surface area contributed by atoms with Crippen molar-refractivity contribution in [2.45, 2.75) is 58.4 Å². The van der Waals surface area contributed by atoms with E-state index in [1.807, 2.05) is 29.2 Å². The molecule has 7 nitrogen and oxygen atoms in total. The maximum Gasteiger partial charge on any atom is 0.254 e. The van der Waals surface area contributed by atoms with Gasteiger partial charge in [-0.1, -0.05) is 26.0 Å². The van der Waals surface area contributed by atoms with Gasteiger partial charge in [0, 0.05) is 50.5 Å². The van der Waals surface area contributed by atoms with Crippen LogP contribution in [0, 0.1) is 17.8 Å². The van der Waals surface area contributed by atoms with E-state index in [1.165, 1.54) is 0 Å². The quantitative estimate of drug-likeness (QED) is 0.376. The fraction of sp³-hybridized carbons (Fsp3) is 0.655. The minimum absolute atomic E-state index is 0.0390. The fourth-order valence-corrected chi connectivity index (χ4v) is 4.78. The molecule has 1 saturated heterocycles. The van der Waals surface area contributed by atoms with Gasteiger partial charge in [0.05, 0.1) is 13.0 Å². The SMILES string of the molecule is COCCC/C=C\c1cc(C(=O)N(C[C@@H]2CNC[C@@H](C(=O)NCCC(C)C)C2)C2CC2)ccc1OC. The van der Waals surface area contributed by atoms with Crippen molar-refractivity contribution < 1.29 is 19.1 Å². The van der Waals surface area contributed by atoms with Gasteiger partial charge in [-0.2, -0.15) is 0 Å². The van der Waals surface area contributed by atoms with Crippen LogP contribution in [0.5, 0.6) is 5.75 Å². The standard InChI is InChI=1S/C29H45N3O4/c1-21(2)13-14-31-28(33)25-16-22(18-30-19-25)20-32(26-10-11-26)29(34)24-9-12-27(36-4)23(17-24)8-6-5-7-15-35-3/h6,8-9,12,17,21-22,25-26,30H,5,7,10-11,13-16,18-20H2,1-4H3,(H,31,33)/b8-6-/t22-,25-/m0/s1. The highest BCUT2D eigenvalue weighted by Crippen LogP contribution is 2.32. The van der Waals surface area contributed by atoms with E-state index < -0.39 is 0 Å². The van der Waals surface area contributed by atoms with Gasteiger partial charge in [0.15, 0.2) is 0 Å². The molecule has 2 fully saturated rings. The van der Waals surface area contributed by atoms with E-state index in [1.54, 1.807) is 14.2 Å². The molecule has 2 aliphatic rings. The highest BCUT2D eigenvalue weighted by atomic mass is 16.5. The number of hydrogen-bond acceptors (Lipinski definition) is 5. The monoisotopic (exact) mass is 499 g/mol. The maximum absolute atomic E-state index is 13.6. The van der Waals surface area contributed by atoms with Crippen LogP contribution in [0.2, 0.25) is 0 Å². The molecule has 0 spiro atoms. The topological polar surface area (TPSA) is 79.9 Å². The molecule has 2 N–H and O–H groups in total. The lowest BCUT2D eigenvalue weighted by Crippen LogP contribution is -2.48. The summed E-state index contributed by atoms with van der Waals surface area (Å²) >= 11 is 0. The summed E-state index contributed by atoms with van der Waals surface area (Å²) in [7, 11) is 3.36. The van der Waals surface area contributed by atoms with E-state index in [4.69, 9.17) is 9.47 Å². The number of unbranched alkanes of at least 4 members (excludes halogenated alkanes) is 1. The van der Waals surface area contributed by atoms with Crippen molar-refractivity contribution in [1.82, 2.24) is 15.5 Å². The van der Waals surface area contributed by atoms with Crippen LogP contribution in [0.1, 0.15) is 68.3 Å². The molecule has 1 saturated carbocycles. The van der Waals surface area contributed by atoms with Crippen LogP contribution in [0.15, 0.2) is 24.3 Å². The zero-order valence-corrected chi connectivity index (χ0v) is 22.6. The molecule has 1 aromatic rings. The second-order valence-corrected chi connectivity index (χ2v) is 10.6. The number of nitrogens with zero attached hydrogens (tertiary/aromatic N) is 1. The first kappa shape index (κ1) is 28.2. The number of hydrogen-bond donors (Lipinski definition) is 2. The van der Waals surface area contributed by atoms with Crippen LogP contribution in [-0.4, -0.2) is 69.8 Å². The number of rotatable bonds is 14. The predicted molar refractivity (Wildman–Crippen MR) is 144 cm³/mol. The number of carbonyl (C=O) groups is 2. The summed E-state index contributed by atoms with van der Waals surface area (Å²) in [4.78, 5) is 28.4. The molecule has 1 aliphatic heterocycles. The summed E-state index contributed by atoms with van der Waals surface area (Å²) in [6.45, 7) is 8.01. The average Bonchev–Trinajstić information content (AvgIpc) is 3.72. The number of piperidine rings is 1. The van der Waals surface area contributed by atoms with Gasteiger partial charge in [-0.15, -0.1) is 0 Å². The van der Waals surface area contributed by atoms with Gasteiger partial charge < -0.3 is 25.0 Å². The molecule has 7 heteroatoms. The Bertz CT molecular complexity index is 881. The Kier molecular flexibility index (Phi) is 11.3. The maximum atomic E-state index is 13.6. The smallest absolute Gasteiger partial charge is 0.254 e. The average molecular weight is 500 g/mol. The fourth-order valence-electron chi connectivity index (χ4n) is 4.78. The Hall–Kier alpha value is -2.38. The van der Waals surface area contributed by atoms with Crippen molar-refractivity contribution in [3.63, 3.8) is 0 Å². The van der Waals surface area contributed by atoms with Crippen molar-refractivity contribution in [2.75, 3.05) is 47.0 Å². The summed E-state index contributed by atoms with van der Waals surface area (Å²) in [5.41, 5.74) is 1.60. The van der Waals surface area contributed by atoms with Gasteiger partial charge in [-0.25, -0.2) is 0 Å². The van der Waals surface area contributed by atoms with Gasteiger partial charge in [0.2, 0.25) is 5.91 Å². The predicted octanol–water partition coefficient (Wildman–Crippen LogP) is 4.13. The molecule has 0 bridgehead atoms. The van der Waals surface area contributed by atoms with Gasteiger partial charge in [0.25, 0.3) is 5.91 Å². The minimum Gasteiger partial charge on any atom is -0.496 e. The Morgan fingerprint density at radius 3 is 2.72 bits per heavy atom. The second kappa shape index (κ2) is 14.4. The first-order valence-electron chi connectivity index (χ1n) is 13.6. The van der Waals surface area contributed by atoms with E-state index in [9.17, 15) is 9.59 Å². The third-order valence-corrected chi connectivity index (χ3v) is 7.03. The van der Waals surface area contributed by atoms with Gasteiger partial charge in [0.1, 0.15) is 5.75 Å². The molecule has 0 aromatic heterocycles. The summed E-state index contributed by atoms with van der Waals surface area (Å²) in [5.74, 6) is 1.76. The number of allylic oxidation sites excluding steroid dienone is 1. The summed E-state index contributed by atoms with van der Waals surface area (Å²) in [5, 5.41) is 6.54. The molecular formula is C29H45N3O4. The lowest BCUT2D eigenvalue weighted by Gasteiger charge is -2.33. The van der Waals surface area contributed by atoms with Crippen molar-refractivity contribution >= 4 is 17.9 Å². The Labute approximate surface area is 217 Å². The molecule has 2 amide bonds. The largest absolute Gasteiger partial charge is 0.496 e. The lowest BCUT2D eigenvalue weighted by molar-refractivity contribution is -0.126.